The number of hydrogen-bond donors (Lipinski definition) is 2. The van der Waals surface area contributed by atoms with Crippen molar-refractivity contribution < 1.29 is 18.4 Å². The molecule has 160 valence electrons. The van der Waals surface area contributed by atoms with Crippen LogP contribution in [0.4, 0.5) is 20.2 Å². The van der Waals surface area contributed by atoms with Crippen LogP contribution in [0.2, 0.25) is 0 Å². The molecule has 30 heavy (non-hydrogen) atoms. The van der Waals surface area contributed by atoms with E-state index in [0.717, 1.165) is 35.0 Å². The van der Waals surface area contributed by atoms with Gasteiger partial charge in [-0.2, -0.15) is 0 Å². The molecule has 0 atom stereocenters. The summed E-state index contributed by atoms with van der Waals surface area (Å²) in [6, 6.07) is 8.72. The number of rotatable bonds is 6. The van der Waals surface area contributed by atoms with Crippen LogP contribution in [0.15, 0.2) is 36.4 Å². The van der Waals surface area contributed by atoms with E-state index in [1.807, 2.05) is 41.8 Å². The molecule has 0 aliphatic carbocycles. The fourth-order valence-corrected chi connectivity index (χ4v) is 3.41. The molecule has 2 aromatic rings. The van der Waals surface area contributed by atoms with Gasteiger partial charge in [0.05, 0.1) is 13.1 Å². The summed E-state index contributed by atoms with van der Waals surface area (Å²) in [6.07, 6.45) is 0. The van der Waals surface area contributed by atoms with Crippen molar-refractivity contribution in [3.8, 4) is 0 Å². The molecule has 8 heteroatoms. The van der Waals surface area contributed by atoms with Crippen LogP contribution in [0.1, 0.15) is 11.1 Å². The van der Waals surface area contributed by atoms with Crippen LogP contribution >= 0.6 is 0 Å². The number of nitrogens with zero attached hydrogens (tertiary/aromatic N) is 2. The van der Waals surface area contributed by atoms with Gasteiger partial charge < -0.3 is 10.6 Å². The zero-order valence-electron chi connectivity index (χ0n) is 17.2. The Morgan fingerprint density at radius 1 is 0.867 bits per heavy atom. The lowest BCUT2D eigenvalue weighted by Gasteiger charge is -2.33. The molecule has 1 aliphatic rings. The predicted octanol–water partition coefficient (Wildman–Crippen LogP) is 2.78. The van der Waals surface area contributed by atoms with Gasteiger partial charge in [0.1, 0.15) is 11.6 Å². The largest absolute Gasteiger partial charge is 0.325 e. The van der Waals surface area contributed by atoms with Gasteiger partial charge in [0.15, 0.2) is 0 Å². The molecule has 2 N–H and O–H groups in total. The van der Waals surface area contributed by atoms with Crippen LogP contribution in [0.3, 0.4) is 0 Å². The number of amides is 2. The highest BCUT2D eigenvalue weighted by Gasteiger charge is 2.21. The third kappa shape index (κ3) is 6.08. The molecule has 0 bridgehead atoms. The van der Waals surface area contributed by atoms with E-state index in [9.17, 15) is 18.4 Å². The van der Waals surface area contributed by atoms with E-state index in [0.29, 0.717) is 26.2 Å². The summed E-state index contributed by atoms with van der Waals surface area (Å²) < 4.78 is 26.4. The molecular formula is C22H26F2N4O2. The maximum Gasteiger partial charge on any atom is 0.238 e. The summed E-state index contributed by atoms with van der Waals surface area (Å²) in [5, 5.41) is 5.47. The van der Waals surface area contributed by atoms with Gasteiger partial charge in [-0.15, -0.1) is 0 Å². The molecular weight excluding hydrogens is 390 g/mol. The first-order chi connectivity index (χ1) is 14.3. The standard InChI is InChI=1S/C22H26F2N4O2/c1-15-4-3-5-20(16(15)2)26-22(30)14-28-8-6-27(7-9-28)13-21(29)25-19-11-17(23)10-18(24)12-19/h3-5,10-12H,6-9,13-14H2,1-2H3,(H,25,29)(H,26,30). The SMILES string of the molecule is Cc1cccc(NC(=O)CN2CCN(CC(=O)Nc3cc(F)cc(F)c3)CC2)c1C. The van der Waals surface area contributed by atoms with Gasteiger partial charge in [-0.25, -0.2) is 8.78 Å². The Bertz CT molecular complexity index is 907. The van der Waals surface area contributed by atoms with Crippen molar-refractivity contribution in [2.45, 2.75) is 13.8 Å². The summed E-state index contributed by atoms with van der Waals surface area (Å²) in [6.45, 7) is 6.96. The molecule has 2 aromatic carbocycles. The molecule has 0 saturated carbocycles. The number of benzene rings is 2. The minimum Gasteiger partial charge on any atom is -0.325 e. The Kier molecular flexibility index (Phi) is 7.12. The Hall–Kier alpha value is -2.84. The van der Waals surface area contributed by atoms with E-state index in [1.165, 1.54) is 0 Å². The number of carbonyl (C=O) groups excluding carboxylic acids is 2. The minimum absolute atomic E-state index is 0.0666. The quantitative estimate of drug-likeness (QED) is 0.760. The number of halogens is 2. The van der Waals surface area contributed by atoms with Crippen molar-refractivity contribution in [3.05, 3.63) is 59.2 Å². The Labute approximate surface area is 174 Å². The van der Waals surface area contributed by atoms with Crippen LogP contribution in [0.25, 0.3) is 0 Å². The monoisotopic (exact) mass is 416 g/mol. The molecule has 0 aromatic heterocycles. The summed E-state index contributed by atoms with van der Waals surface area (Å²) in [5.41, 5.74) is 3.10. The number of aryl methyl sites for hydroxylation is 1. The lowest BCUT2D eigenvalue weighted by atomic mass is 10.1. The minimum atomic E-state index is -0.738. The summed E-state index contributed by atoms with van der Waals surface area (Å²) in [5.74, 6) is -1.87. The molecule has 1 saturated heterocycles. The molecule has 6 nitrogen and oxygen atoms in total. The fourth-order valence-electron chi connectivity index (χ4n) is 3.41. The van der Waals surface area contributed by atoms with Gasteiger partial charge in [0, 0.05) is 43.6 Å². The van der Waals surface area contributed by atoms with Gasteiger partial charge in [-0.3, -0.25) is 19.4 Å². The van der Waals surface area contributed by atoms with Crippen molar-refractivity contribution in [1.29, 1.82) is 0 Å². The van der Waals surface area contributed by atoms with E-state index >= 15 is 0 Å². The average molecular weight is 416 g/mol. The van der Waals surface area contributed by atoms with Crippen molar-refractivity contribution >= 4 is 23.2 Å². The fraction of sp³-hybridized carbons (Fsp3) is 0.364. The van der Waals surface area contributed by atoms with Crippen LogP contribution in [0, 0.1) is 25.5 Å². The maximum atomic E-state index is 13.2. The molecule has 0 unspecified atom stereocenters. The maximum absolute atomic E-state index is 13.2. The van der Waals surface area contributed by atoms with Gasteiger partial charge in [0.25, 0.3) is 0 Å². The first-order valence-electron chi connectivity index (χ1n) is 9.87. The number of anilines is 2. The van der Waals surface area contributed by atoms with Crippen molar-refractivity contribution in [2.24, 2.45) is 0 Å². The summed E-state index contributed by atoms with van der Waals surface area (Å²) in [4.78, 5) is 28.5. The number of carbonyl (C=O) groups is 2. The summed E-state index contributed by atoms with van der Waals surface area (Å²) >= 11 is 0. The Balaban J connectivity index is 1.42. The highest BCUT2D eigenvalue weighted by molar-refractivity contribution is 5.93. The zero-order valence-corrected chi connectivity index (χ0v) is 17.2. The molecule has 0 spiro atoms. The van der Waals surface area contributed by atoms with E-state index in [-0.39, 0.29) is 30.6 Å². The first kappa shape index (κ1) is 21.9. The van der Waals surface area contributed by atoms with Crippen LogP contribution < -0.4 is 10.6 Å². The van der Waals surface area contributed by atoms with Crippen molar-refractivity contribution in [3.63, 3.8) is 0 Å². The van der Waals surface area contributed by atoms with E-state index in [4.69, 9.17) is 0 Å². The normalized spacial score (nSPS) is 15.1. The molecule has 1 fully saturated rings. The lowest BCUT2D eigenvalue weighted by Crippen LogP contribution is -2.50. The molecule has 0 radical (unpaired) electrons. The van der Waals surface area contributed by atoms with Gasteiger partial charge in [-0.1, -0.05) is 12.1 Å². The molecule has 3 rings (SSSR count). The third-order valence-corrected chi connectivity index (χ3v) is 5.22. The second-order valence-electron chi connectivity index (χ2n) is 7.55. The topological polar surface area (TPSA) is 64.7 Å². The number of hydrogen-bond acceptors (Lipinski definition) is 4. The predicted molar refractivity (Wildman–Crippen MR) is 112 cm³/mol. The average Bonchev–Trinajstić information content (AvgIpc) is 2.66. The second-order valence-corrected chi connectivity index (χ2v) is 7.55. The first-order valence-corrected chi connectivity index (χ1v) is 9.87. The van der Waals surface area contributed by atoms with E-state index in [2.05, 4.69) is 10.6 Å². The lowest BCUT2D eigenvalue weighted by molar-refractivity contribution is -0.120. The van der Waals surface area contributed by atoms with E-state index in [1.54, 1.807) is 0 Å². The third-order valence-electron chi connectivity index (χ3n) is 5.22. The smallest absolute Gasteiger partial charge is 0.238 e. The Morgan fingerprint density at radius 2 is 1.40 bits per heavy atom. The van der Waals surface area contributed by atoms with E-state index < -0.39 is 11.6 Å². The molecule has 2 amide bonds. The van der Waals surface area contributed by atoms with Crippen LogP contribution in [-0.4, -0.2) is 60.9 Å². The number of nitrogens with one attached hydrogen (secondary N) is 2. The van der Waals surface area contributed by atoms with Gasteiger partial charge in [0.2, 0.25) is 11.8 Å². The van der Waals surface area contributed by atoms with Gasteiger partial charge in [-0.05, 0) is 43.2 Å². The van der Waals surface area contributed by atoms with Crippen LogP contribution in [0.5, 0.6) is 0 Å². The zero-order chi connectivity index (χ0) is 21.7. The van der Waals surface area contributed by atoms with Crippen molar-refractivity contribution in [2.75, 3.05) is 49.9 Å². The highest BCUT2D eigenvalue weighted by Crippen LogP contribution is 2.18. The Morgan fingerprint density at radius 3 is 1.97 bits per heavy atom. The van der Waals surface area contributed by atoms with Crippen molar-refractivity contribution in [1.82, 2.24) is 9.80 Å². The molecule has 1 aliphatic heterocycles. The van der Waals surface area contributed by atoms with Crippen LogP contribution in [-0.2, 0) is 9.59 Å². The molecule has 1 heterocycles. The second kappa shape index (κ2) is 9.77. The highest BCUT2D eigenvalue weighted by atomic mass is 19.1. The summed E-state index contributed by atoms with van der Waals surface area (Å²) in [7, 11) is 0. The number of piperazine rings is 1. The van der Waals surface area contributed by atoms with Gasteiger partial charge >= 0.3 is 0 Å².